The molecule has 1 aliphatic heterocycles. The van der Waals surface area contributed by atoms with Gasteiger partial charge in [-0.3, -0.25) is 4.79 Å². The molecule has 0 saturated carbocycles. The number of benzene rings is 1. The number of amides is 1. The Bertz CT molecular complexity index is 434. The van der Waals surface area contributed by atoms with Crippen LogP contribution in [0, 0.1) is 12.7 Å². The molecule has 1 aromatic carbocycles. The average molecular weight is 250 g/mol. The minimum atomic E-state index is -0.183. The number of hydrogen-bond acceptors (Lipinski definition) is 2. The van der Waals surface area contributed by atoms with Crippen LogP contribution in [0.5, 0.6) is 0 Å². The summed E-state index contributed by atoms with van der Waals surface area (Å²) in [6.07, 6.45) is 2.44. The molecule has 1 heterocycles. The van der Waals surface area contributed by atoms with E-state index in [1.807, 2.05) is 13.0 Å². The Kier molecular flexibility index (Phi) is 4.31. The van der Waals surface area contributed by atoms with E-state index in [0.29, 0.717) is 6.42 Å². The van der Waals surface area contributed by atoms with E-state index in [9.17, 15) is 9.18 Å². The van der Waals surface area contributed by atoms with Crippen molar-refractivity contribution in [3.63, 3.8) is 0 Å². The maximum absolute atomic E-state index is 12.9. The van der Waals surface area contributed by atoms with Gasteiger partial charge in [0.1, 0.15) is 5.82 Å². The molecule has 1 atom stereocenters. The topological polar surface area (TPSA) is 41.1 Å². The highest BCUT2D eigenvalue weighted by atomic mass is 19.1. The van der Waals surface area contributed by atoms with E-state index in [1.54, 1.807) is 6.07 Å². The van der Waals surface area contributed by atoms with Crippen LogP contribution in [0.25, 0.3) is 0 Å². The predicted molar refractivity (Wildman–Crippen MR) is 68.9 cm³/mol. The Balaban J connectivity index is 1.70. The van der Waals surface area contributed by atoms with Crippen molar-refractivity contribution in [1.82, 2.24) is 10.6 Å². The van der Waals surface area contributed by atoms with Crippen molar-refractivity contribution in [1.29, 1.82) is 0 Å². The number of aryl methyl sites for hydroxylation is 1. The Hall–Kier alpha value is -1.42. The Morgan fingerprint density at radius 2 is 2.33 bits per heavy atom. The third-order valence-electron chi connectivity index (χ3n) is 3.35. The van der Waals surface area contributed by atoms with Crippen molar-refractivity contribution >= 4 is 5.91 Å². The van der Waals surface area contributed by atoms with Crippen molar-refractivity contribution < 1.29 is 9.18 Å². The van der Waals surface area contributed by atoms with Crippen molar-refractivity contribution in [2.24, 2.45) is 0 Å². The van der Waals surface area contributed by atoms with Crippen LogP contribution in [0.1, 0.15) is 24.0 Å². The highest BCUT2D eigenvalue weighted by Crippen LogP contribution is 2.10. The molecule has 0 aliphatic carbocycles. The first-order chi connectivity index (χ1) is 8.65. The molecule has 1 aromatic rings. The molecule has 2 N–H and O–H groups in total. The molecule has 98 valence electrons. The first-order valence-electron chi connectivity index (χ1n) is 6.40. The lowest BCUT2D eigenvalue weighted by atomic mass is 10.1. The molecule has 4 heteroatoms. The van der Waals surface area contributed by atoms with Crippen LogP contribution in [0.4, 0.5) is 4.39 Å². The summed E-state index contributed by atoms with van der Waals surface area (Å²) >= 11 is 0. The summed E-state index contributed by atoms with van der Waals surface area (Å²) in [5.74, 6) is -0.0333. The van der Waals surface area contributed by atoms with E-state index in [-0.39, 0.29) is 17.8 Å². The highest BCUT2D eigenvalue weighted by molar-refractivity contribution is 5.78. The first-order valence-corrected chi connectivity index (χ1v) is 6.40. The van der Waals surface area contributed by atoms with Crippen molar-refractivity contribution in [2.45, 2.75) is 32.2 Å². The molecule has 1 fully saturated rings. The van der Waals surface area contributed by atoms with Crippen molar-refractivity contribution in [3.8, 4) is 0 Å². The van der Waals surface area contributed by atoms with E-state index in [4.69, 9.17) is 0 Å². The predicted octanol–water partition coefficient (Wildman–Crippen LogP) is 1.54. The van der Waals surface area contributed by atoms with Crippen molar-refractivity contribution in [2.75, 3.05) is 13.1 Å². The van der Waals surface area contributed by atoms with Gasteiger partial charge >= 0.3 is 0 Å². The molecule has 3 nitrogen and oxygen atoms in total. The molecule has 18 heavy (non-hydrogen) atoms. The molecule has 0 spiro atoms. The SMILES string of the molecule is Cc1cc(F)ccc1CCNCC1CCC(=O)N1. The number of halogens is 1. The summed E-state index contributed by atoms with van der Waals surface area (Å²) in [5.41, 5.74) is 2.16. The third kappa shape index (κ3) is 3.53. The van der Waals surface area contributed by atoms with Crippen LogP contribution in [-0.2, 0) is 11.2 Å². The first kappa shape index (κ1) is 13.0. The number of rotatable bonds is 5. The van der Waals surface area contributed by atoms with Gasteiger partial charge in [0.15, 0.2) is 0 Å². The molecule has 1 unspecified atom stereocenters. The van der Waals surface area contributed by atoms with Crippen LogP contribution in [0.3, 0.4) is 0 Å². The largest absolute Gasteiger partial charge is 0.352 e. The number of carbonyl (C=O) groups is 1. The second kappa shape index (κ2) is 5.96. The Morgan fingerprint density at radius 3 is 3.00 bits per heavy atom. The molecule has 0 radical (unpaired) electrons. The van der Waals surface area contributed by atoms with E-state index < -0.39 is 0 Å². The van der Waals surface area contributed by atoms with E-state index in [0.717, 1.165) is 31.5 Å². The van der Waals surface area contributed by atoms with Gasteiger partial charge in [-0.15, -0.1) is 0 Å². The maximum atomic E-state index is 12.9. The summed E-state index contributed by atoms with van der Waals surface area (Å²) in [6, 6.07) is 5.17. The van der Waals surface area contributed by atoms with Crippen LogP contribution in [-0.4, -0.2) is 25.0 Å². The minimum absolute atomic E-state index is 0.149. The van der Waals surface area contributed by atoms with Gasteiger partial charge in [0.25, 0.3) is 0 Å². The molecule has 2 rings (SSSR count). The minimum Gasteiger partial charge on any atom is -0.352 e. The van der Waals surface area contributed by atoms with Crippen molar-refractivity contribution in [3.05, 3.63) is 35.1 Å². The van der Waals surface area contributed by atoms with Crippen LogP contribution in [0.15, 0.2) is 18.2 Å². The number of carbonyl (C=O) groups excluding carboxylic acids is 1. The molecule has 0 bridgehead atoms. The van der Waals surface area contributed by atoms with Crippen LogP contribution in [0.2, 0.25) is 0 Å². The molecule has 1 aliphatic rings. The Morgan fingerprint density at radius 1 is 1.50 bits per heavy atom. The number of hydrogen-bond donors (Lipinski definition) is 2. The smallest absolute Gasteiger partial charge is 0.220 e. The highest BCUT2D eigenvalue weighted by Gasteiger charge is 2.19. The summed E-state index contributed by atoms with van der Waals surface area (Å²) in [4.78, 5) is 11.0. The lowest BCUT2D eigenvalue weighted by Crippen LogP contribution is -2.36. The van der Waals surface area contributed by atoms with Gasteiger partial charge < -0.3 is 10.6 Å². The quantitative estimate of drug-likeness (QED) is 0.778. The fourth-order valence-electron chi connectivity index (χ4n) is 2.27. The van der Waals surface area contributed by atoms with E-state index >= 15 is 0 Å². The molecular weight excluding hydrogens is 231 g/mol. The third-order valence-corrected chi connectivity index (χ3v) is 3.35. The molecule has 1 saturated heterocycles. The summed E-state index contributed by atoms with van der Waals surface area (Å²) in [6.45, 7) is 3.58. The zero-order valence-corrected chi connectivity index (χ0v) is 10.6. The van der Waals surface area contributed by atoms with Gasteiger partial charge in [0.05, 0.1) is 0 Å². The van der Waals surface area contributed by atoms with Gasteiger partial charge in [-0.05, 0) is 49.6 Å². The monoisotopic (exact) mass is 250 g/mol. The summed E-state index contributed by atoms with van der Waals surface area (Å²) in [5, 5.41) is 6.25. The molecular formula is C14H19FN2O. The summed E-state index contributed by atoms with van der Waals surface area (Å²) in [7, 11) is 0. The zero-order chi connectivity index (χ0) is 13.0. The van der Waals surface area contributed by atoms with E-state index in [1.165, 1.54) is 11.6 Å². The fourth-order valence-corrected chi connectivity index (χ4v) is 2.27. The standard InChI is InChI=1S/C14H19FN2O/c1-10-8-12(15)3-2-11(10)6-7-16-9-13-4-5-14(18)17-13/h2-3,8,13,16H,4-7,9H2,1H3,(H,17,18). The maximum Gasteiger partial charge on any atom is 0.220 e. The number of nitrogens with one attached hydrogen (secondary N) is 2. The second-order valence-corrected chi connectivity index (χ2v) is 4.83. The van der Waals surface area contributed by atoms with Crippen LogP contribution >= 0.6 is 0 Å². The normalized spacial score (nSPS) is 19.0. The van der Waals surface area contributed by atoms with Gasteiger partial charge in [0.2, 0.25) is 5.91 Å². The van der Waals surface area contributed by atoms with Gasteiger partial charge in [-0.25, -0.2) is 4.39 Å². The molecule has 0 aromatic heterocycles. The summed E-state index contributed by atoms with van der Waals surface area (Å²) < 4.78 is 12.9. The zero-order valence-electron chi connectivity index (χ0n) is 10.6. The molecule has 1 amide bonds. The fraction of sp³-hybridized carbons (Fsp3) is 0.500. The van der Waals surface area contributed by atoms with Crippen LogP contribution < -0.4 is 10.6 Å². The van der Waals surface area contributed by atoms with Gasteiger partial charge in [0, 0.05) is 19.0 Å². The second-order valence-electron chi connectivity index (χ2n) is 4.83. The lowest BCUT2D eigenvalue weighted by Gasteiger charge is -2.12. The average Bonchev–Trinajstić information content (AvgIpc) is 2.73. The Labute approximate surface area is 107 Å². The van der Waals surface area contributed by atoms with Gasteiger partial charge in [-0.2, -0.15) is 0 Å². The van der Waals surface area contributed by atoms with E-state index in [2.05, 4.69) is 10.6 Å². The lowest BCUT2D eigenvalue weighted by molar-refractivity contribution is -0.119. The van der Waals surface area contributed by atoms with Gasteiger partial charge in [-0.1, -0.05) is 6.07 Å².